The molecule has 2 unspecified atom stereocenters. The molecule has 0 bridgehead atoms. The van der Waals surface area contributed by atoms with Gasteiger partial charge in [-0.1, -0.05) is 78.9 Å². The minimum absolute atomic E-state index is 0.0122. The molecule has 0 spiro atoms. The van der Waals surface area contributed by atoms with Crippen molar-refractivity contribution >= 4 is 22.4 Å². The highest BCUT2D eigenvalue weighted by molar-refractivity contribution is 6.13. The van der Waals surface area contributed by atoms with Gasteiger partial charge in [0.15, 0.2) is 0 Å². The quantitative estimate of drug-likeness (QED) is 0.611. The number of nitrogens with zero attached hydrogens (tertiary/aromatic N) is 1. The van der Waals surface area contributed by atoms with Gasteiger partial charge in [0.25, 0.3) is 5.91 Å². The summed E-state index contributed by atoms with van der Waals surface area (Å²) in [6.45, 7) is 0. The van der Waals surface area contributed by atoms with E-state index in [0.29, 0.717) is 0 Å². The fourth-order valence-electron chi connectivity index (χ4n) is 4.07. The van der Waals surface area contributed by atoms with Crippen LogP contribution in [0.5, 0.6) is 0 Å². The van der Waals surface area contributed by atoms with Gasteiger partial charge in [0, 0.05) is 16.9 Å². The summed E-state index contributed by atoms with van der Waals surface area (Å²) in [4.78, 5) is 15.4. The molecule has 1 aliphatic heterocycles. The van der Waals surface area contributed by atoms with Crippen molar-refractivity contribution in [1.82, 2.24) is 0 Å². The number of allylic oxidation sites excluding steroid dienone is 2. The molecule has 0 aromatic heterocycles. The molecule has 2 heteroatoms. The second kappa shape index (κ2) is 5.45. The molecule has 1 heterocycles. The van der Waals surface area contributed by atoms with Crippen LogP contribution in [0.3, 0.4) is 0 Å². The lowest BCUT2D eigenvalue weighted by Gasteiger charge is -2.41. The van der Waals surface area contributed by atoms with Crippen LogP contribution in [-0.2, 0) is 0 Å². The number of hydrogen-bond donors (Lipinski definition) is 0. The maximum atomic E-state index is 13.4. The number of rotatable bonds is 1. The van der Waals surface area contributed by atoms with Gasteiger partial charge in [-0.2, -0.15) is 0 Å². The summed E-state index contributed by atoms with van der Waals surface area (Å²) >= 11 is 0. The lowest BCUT2D eigenvalue weighted by Crippen LogP contribution is -2.47. The molecule has 120 valence electrons. The summed E-state index contributed by atoms with van der Waals surface area (Å²) in [7, 11) is 0. The fraction of sp³-hybridized carbons (Fsp3) is 0.0870. The molecular formula is C23H17NO. The van der Waals surface area contributed by atoms with E-state index in [-0.39, 0.29) is 17.9 Å². The monoisotopic (exact) mass is 323 g/mol. The summed E-state index contributed by atoms with van der Waals surface area (Å²) in [5.74, 6) is 0.269. The van der Waals surface area contributed by atoms with Crippen LogP contribution in [-0.4, -0.2) is 11.9 Å². The maximum absolute atomic E-state index is 13.4. The van der Waals surface area contributed by atoms with Crippen LogP contribution in [0.15, 0.2) is 91.0 Å². The van der Waals surface area contributed by atoms with Gasteiger partial charge in [0.2, 0.25) is 0 Å². The van der Waals surface area contributed by atoms with Gasteiger partial charge in [-0.3, -0.25) is 9.69 Å². The first kappa shape index (κ1) is 14.2. The van der Waals surface area contributed by atoms with Crippen LogP contribution >= 0.6 is 0 Å². The number of benzene rings is 3. The lowest BCUT2D eigenvalue weighted by molar-refractivity contribution is 0.0970. The highest BCUT2D eigenvalue weighted by Crippen LogP contribution is 2.41. The largest absolute Gasteiger partial charge is 0.300 e. The van der Waals surface area contributed by atoms with Gasteiger partial charge >= 0.3 is 0 Å². The van der Waals surface area contributed by atoms with Crippen LogP contribution in [0.2, 0.25) is 0 Å². The van der Waals surface area contributed by atoms with E-state index >= 15 is 0 Å². The highest BCUT2D eigenvalue weighted by Gasteiger charge is 2.39. The van der Waals surface area contributed by atoms with E-state index in [1.807, 2.05) is 47.4 Å². The molecule has 5 rings (SSSR count). The molecule has 0 N–H and O–H groups in total. The maximum Gasteiger partial charge on any atom is 0.259 e. The molecule has 0 saturated carbocycles. The molecular weight excluding hydrogens is 306 g/mol. The third-order valence-electron chi connectivity index (χ3n) is 5.20. The van der Waals surface area contributed by atoms with Crippen LogP contribution in [0, 0.1) is 0 Å². The van der Waals surface area contributed by atoms with Crippen molar-refractivity contribution in [3.05, 3.63) is 102 Å². The van der Waals surface area contributed by atoms with Gasteiger partial charge in [-0.05, 0) is 23.1 Å². The van der Waals surface area contributed by atoms with Crippen molar-refractivity contribution in [2.45, 2.75) is 12.0 Å². The van der Waals surface area contributed by atoms with Crippen LogP contribution in [0.1, 0.15) is 21.8 Å². The first-order chi connectivity index (χ1) is 12.3. The number of anilines is 1. The van der Waals surface area contributed by atoms with Gasteiger partial charge in [0.05, 0.1) is 11.7 Å². The van der Waals surface area contributed by atoms with Crippen molar-refractivity contribution in [3.63, 3.8) is 0 Å². The average Bonchev–Trinajstić information content (AvgIpc) is 2.68. The molecule has 3 aromatic rings. The Balaban J connectivity index is 1.77. The number of hydrogen-bond acceptors (Lipinski definition) is 1. The normalized spacial score (nSPS) is 21.3. The fourth-order valence-corrected chi connectivity index (χ4v) is 4.07. The molecule has 3 aromatic carbocycles. The van der Waals surface area contributed by atoms with Crippen LogP contribution < -0.4 is 4.90 Å². The second-order valence-corrected chi connectivity index (χ2v) is 6.55. The summed E-state index contributed by atoms with van der Waals surface area (Å²) < 4.78 is 0. The van der Waals surface area contributed by atoms with Gasteiger partial charge in [-0.25, -0.2) is 0 Å². The van der Waals surface area contributed by atoms with Crippen molar-refractivity contribution < 1.29 is 4.79 Å². The van der Waals surface area contributed by atoms with Gasteiger partial charge in [-0.15, -0.1) is 0 Å². The Kier molecular flexibility index (Phi) is 3.10. The van der Waals surface area contributed by atoms with Crippen molar-refractivity contribution in [3.8, 4) is 0 Å². The number of amides is 1. The van der Waals surface area contributed by atoms with E-state index in [1.165, 1.54) is 0 Å². The van der Waals surface area contributed by atoms with E-state index in [9.17, 15) is 4.79 Å². The molecule has 2 aliphatic rings. The molecule has 25 heavy (non-hydrogen) atoms. The average molecular weight is 323 g/mol. The van der Waals surface area contributed by atoms with Crippen LogP contribution in [0.4, 0.5) is 5.69 Å². The first-order valence-corrected chi connectivity index (χ1v) is 8.60. The minimum atomic E-state index is 0.0122. The molecule has 0 radical (unpaired) electrons. The van der Waals surface area contributed by atoms with Crippen molar-refractivity contribution in [2.75, 3.05) is 4.90 Å². The third-order valence-corrected chi connectivity index (χ3v) is 5.20. The van der Waals surface area contributed by atoms with Gasteiger partial charge in [0.1, 0.15) is 0 Å². The van der Waals surface area contributed by atoms with Crippen molar-refractivity contribution in [2.24, 2.45) is 0 Å². The Bertz CT molecular complexity index is 1040. The van der Waals surface area contributed by atoms with Crippen molar-refractivity contribution in [1.29, 1.82) is 0 Å². The van der Waals surface area contributed by atoms with E-state index in [2.05, 4.69) is 48.6 Å². The highest BCUT2D eigenvalue weighted by atomic mass is 16.2. The Morgan fingerprint density at radius 2 is 1.52 bits per heavy atom. The smallest absolute Gasteiger partial charge is 0.259 e. The molecule has 2 nitrogen and oxygen atoms in total. The Morgan fingerprint density at radius 1 is 0.760 bits per heavy atom. The Hall–Kier alpha value is -3.13. The van der Waals surface area contributed by atoms with Gasteiger partial charge < -0.3 is 0 Å². The van der Waals surface area contributed by atoms with E-state index in [0.717, 1.165) is 27.6 Å². The molecule has 1 aliphatic carbocycles. The molecule has 0 fully saturated rings. The SMILES string of the molecule is O=C1c2ccccc2C2C=CC=CC2N1c1cccc2ccccc12. The standard InChI is InChI=1S/C23H17NO/c25-23-20-13-4-3-11-18(20)19-12-5-6-14-22(19)24(23)21-15-7-9-16-8-1-2-10-17(16)21/h1-15,19,22H. The number of carbonyl (C=O) groups is 1. The van der Waals surface area contributed by atoms with Crippen LogP contribution in [0.25, 0.3) is 10.8 Å². The first-order valence-electron chi connectivity index (χ1n) is 8.60. The molecule has 0 saturated heterocycles. The summed E-state index contributed by atoms with van der Waals surface area (Å²) in [5, 5.41) is 2.26. The zero-order chi connectivity index (χ0) is 16.8. The number of carbonyl (C=O) groups excluding carboxylic acids is 1. The third kappa shape index (κ3) is 2.07. The predicted octanol–water partition coefficient (Wildman–Crippen LogP) is 5.08. The topological polar surface area (TPSA) is 20.3 Å². The predicted molar refractivity (Wildman–Crippen MR) is 102 cm³/mol. The Labute approximate surface area is 146 Å². The van der Waals surface area contributed by atoms with E-state index in [1.54, 1.807) is 0 Å². The summed E-state index contributed by atoms with van der Waals surface area (Å²) in [5.41, 5.74) is 2.90. The zero-order valence-corrected chi connectivity index (χ0v) is 13.7. The summed E-state index contributed by atoms with van der Waals surface area (Å²) in [6, 6.07) is 22.4. The van der Waals surface area contributed by atoms with E-state index in [4.69, 9.17) is 0 Å². The van der Waals surface area contributed by atoms with E-state index < -0.39 is 0 Å². The second-order valence-electron chi connectivity index (χ2n) is 6.55. The molecule has 2 atom stereocenters. The minimum Gasteiger partial charge on any atom is -0.300 e. The summed E-state index contributed by atoms with van der Waals surface area (Å²) in [6.07, 6.45) is 8.46. The zero-order valence-electron chi connectivity index (χ0n) is 13.7. The lowest BCUT2D eigenvalue weighted by atomic mass is 9.80. The Morgan fingerprint density at radius 3 is 2.48 bits per heavy atom. The number of fused-ring (bicyclic) bond motifs is 4. The molecule has 1 amide bonds.